The van der Waals surface area contributed by atoms with E-state index in [9.17, 15) is 4.79 Å². The molecule has 0 radical (unpaired) electrons. The van der Waals surface area contributed by atoms with E-state index in [0.29, 0.717) is 15.6 Å². The molecule has 108 valence electrons. The summed E-state index contributed by atoms with van der Waals surface area (Å²) in [7, 11) is 0. The second kappa shape index (κ2) is 6.79. The third-order valence-electron chi connectivity index (χ3n) is 3.08. The van der Waals surface area contributed by atoms with Gasteiger partial charge in [-0.15, -0.1) is 0 Å². The van der Waals surface area contributed by atoms with Crippen LogP contribution in [0.5, 0.6) is 0 Å². The van der Waals surface area contributed by atoms with Crippen LogP contribution in [0.4, 0.5) is 5.69 Å². The highest BCUT2D eigenvalue weighted by atomic mass is 35.5. The topological polar surface area (TPSA) is 29.1 Å². The second-order valence-electron chi connectivity index (χ2n) is 4.74. The van der Waals surface area contributed by atoms with Crippen molar-refractivity contribution < 1.29 is 4.79 Å². The fraction of sp³-hybridized carbons (Fsp3) is 0.118. The van der Waals surface area contributed by atoms with Gasteiger partial charge in [0.1, 0.15) is 0 Å². The normalized spacial score (nSPS) is 11.3. The number of hydrogen-bond acceptors (Lipinski definition) is 2. The molecule has 0 saturated carbocycles. The van der Waals surface area contributed by atoms with Crippen LogP contribution in [0.2, 0.25) is 10.0 Å². The Hall–Kier alpha value is -1.77. The highest BCUT2D eigenvalue weighted by Crippen LogP contribution is 2.24. The Labute approximate surface area is 134 Å². The molecule has 4 heteroatoms. The number of ketones is 1. The van der Waals surface area contributed by atoms with Crippen molar-refractivity contribution >= 4 is 34.7 Å². The van der Waals surface area contributed by atoms with Crippen molar-refractivity contribution in [3.8, 4) is 0 Å². The maximum atomic E-state index is 12.1. The summed E-state index contributed by atoms with van der Waals surface area (Å²) < 4.78 is 0. The SMILES string of the molecule is C/C(=C\C(=O)c1ccc(Cl)cc1)Nc1cccc(Cl)c1C. The van der Waals surface area contributed by atoms with E-state index in [1.54, 1.807) is 30.3 Å². The molecule has 0 atom stereocenters. The van der Waals surface area contributed by atoms with E-state index in [0.717, 1.165) is 16.9 Å². The summed E-state index contributed by atoms with van der Waals surface area (Å²) in [6.45, 7) is 3.77. The summed E-state index contributed by atoms with van der Waals surface area (Å²) in [4.78, 5) is 12.1. The van der Waals surface area contributed by atoms with E-state index in [1.807, 2.05) is 32.0 Å². The molecule has 0 unspecified atom stereocenters. The first-order chi connectivity index (χ1) is 9.97. The average molecular weight is 320 g/mol. The van der Waals surface area contributed by atoms with Crippen molar-refractivity contribution in [1.82, 2.24) is 0 Å². The van der Waals surface area contributed by atoms with Gasteiger partial charge in [0.05, 0.1) is 0 Å². The molecule has 0 spiro atoms. The number of anilines is 1. The van der Waals surface area contributed by atoms with Crippen molar-refractivity contribution in [3.63, 3.8) is 0 Å². The summed E-state index contributed by atoms with van der Waals surface area (Å²) >= 11 is 11.9. The standard InChI is InChI=1S/C17H15Cl2NO/c1-11(20-16-5-3-4-15(19)12(16)2)10-17(21)13-6-8-14(18)9-7-13/h3-10,20H,1-2H3/b11-10+. The number of allylic oxidation sites excluding steroid dienone is 2. The zero-order valence-electron chi connectivity index (χ0n) is 11.8. The van der Waals surface area contributed by atoms with Gasteiger partial charge in [0.15, 0.2) is 5.78 Å². The van der Waals surface area contributed by atoms with E-state index < -0.39 is 0 Å². The second-order valence-corrected chi connectivity index (χ2v) is 5.58. The molecule has 0 heterocycles. The number of carbonyl (C=O) groups excluding carboxylic acids is 1. The molecular weight excluding hydrogens is 305 g/mol. The molecule has 0 aliphatic carbocycles. The fourth-order valence-corrected chi connectivity index (χ4v) is 2.19. The van der Waals surface area contributed by atoms with Gasteiger partial charge in [-0.1, -0.05) is 29.3 Å². The van der Waals surface area contributed by atoms with E-state index in [-0.39, 0.29) is 5.78 Å². The lowest BCUT2D eigenvalue weighted by atomic mass is 10.1. The van der Waals surface area contributed by atoms with Gasteiger partial charge in [-0.05, 0) is 55.8 Å². The van der Waals surface area contributed by atoms with Crippen LogP contribution < -0.4 is 5.32 Å². The maximum Gasteiger partial charge on any atom is 0.187 e. The number of nitrogens with one attached hydrogen (secondary N) is 1. The molecule has 21 heavy (non-hydrogen) atoms. The Bertz CT molecular complexity index is 690. The lowest BCUT2D eigenvalue weighted by Gasteiger charge is -2.10. The first-order valence-corrected chi connectivity index (χ1v) is 7.23. The van der Waals surface area contributed by atoms with Gasteiger partial charge in [-0.2, -0.15) is 0 Å². The minimum absolute atomic E-state index is 0.0728. The third-order valence-corrected chi connectivity index (χ3v) is 3.74. The molecule has 2 aromatic carbocycles. The van der Waals surface area contributed by atoms with E-state index in [4.69, 9.17) is 23.2 Å². The molecule has 2 nitrogen and oxygen atoms in total. The molecule has 0 saturated heterocycles. The van der Waals surface area contributed by atoms with Crippen molar-refractivity contribution in [2.24, 2.45) is 0 Å². The molecule has 0 aromatic heterocycles. The van der Waals surface area contributed by atoms with Crippen LogP contribution in [0.1, 0.15) is 22.8 Å². The fourth-order valence-electron chi connectivity index (χ4n) is 1.89. The van der Waals surface area contributed by atoms with Crippen LogP contribution in [0.3, 0.4) is 0 Å². The first-order valence-electron chi connectivity index (χ1n) is 6.47. The number of benzene rings is 2. The van der Waals surface area contributed by atoms with Crippen molar-refractivity contribution in [2.75, 3.05) is 5.32 Å². The highest BCUT2D eigenvalue weighted by Gasteiger charge is 2.05. The molecular formula is C17H15Cl2NO. The van der Waals surface area contributed by atoms with E-state index in [1.165, 1.54) is 0 Å². The van der Waals surface area contributed by atoms with E-state index in [2.05, 4.69) is 5.32 Å². The molecule has 1 N–H and O–H groups in total. The summed E-state index contributed by atoms with van der Waals surface area (Å²) in [6, 6.07) is 12.4. The van der Waals surface area contributed by atoms with Gasteiger partial charge in [-0.25, -0.2) is 0 Å². The van der Waals surface area contributed by atoms with Crippen LogP contribution in [0.25, 0.3) is 0 Å². The highest BCUT2D eigenvalue weighted by molar-refractivity contribution is 6.31. The van der Waals surface area contributed by atoms with Gasteiger partial charge in [0, 0.05) is 33.1 Å². The number of rotatable bonds is 4. The Kier molecular flexibility index (Phi) is 5.05. The summed E-state index contributed by atoms with van der Waals surface area (Å²) in [5.74, 6) is -0.0728. The van der Waals surface area contributed by atoms with E-state index >= 15 is 0 Å². The number of carbonyl (C=O) groups is 1. The predicted octanol–water partition coefficient (Wildman–Crippen LogP) is 5.50. The largest absolute Gasteiger partial charge is 0.359 e. The minimum atomic E-state index is -0.0728. The van der Waals surface area contributed by atoms with Crippen molar-refractivity contribution in [3.05, 3.63) is 75.4 Å². The van der Waals surface area contributed by atoms with Crippen molar-refractivity contribution in [1.29, 1.82) is 0 Å². The zero-order valence-corrected chi connectivity index (χ0v) is 13.3. The molecule has 0 fully saturated rings. The summed E-state index contributed by atoms with van der Waals surface area (Å²) in [6.07, 6.45) is 1.56. The monoisotopic (exact) mass is 319 g/mol. The molecule has 0 aliphatic heterocycles. The average Bonchev–Trinajstić information content (AvgIpc) is 2.44. The van der Waals surface area contributed by atoms with Crippen LogP contribution >= 0.6 is 23.2 Å². The quantitative estimate of drug-likeness (QED) is 0.595. The Balaban J connectivity index is 2.15. The zero-order chi connectivity index (χ0) is 15.4. The van der Waals surface area contributed by atoms with Gasteiger partial charge in [-0.3, -0.25) is 4.79 Å². The Morgan fingerprint density at radius 2 is 1.76 bits per heavy atom. The van der Waals surface area contributed by atoms with Crippen LogP contribution in [0, 0.1) is 6.92 Å². The minimum Gasteiger partial charge on any atom is -0.359 e. The molecule has 0 amide bonds. The lowest BCUT2D eigenvalue weighted by molar-refractivity contribution is 0.104. The molecule has 2 rings (SSSR count). The lowest BCUT2D eigenvalue weighted by Crippen LogP contribution is -2.02. The van der Waals surface area contributed by atoms with Gasteiger partial charge in [0.2, 0.25) is 0 Å². The smallest absolute Gasteiger partial charge is 0.187 e. The van der Waals surface area contributed by atoms with Gasteiger partial charge < -0.3 is 5.32 Å². The number of halogens is 2. The predicted molar refractivity (Wildman–Crippen MR) is 89.4 cm³/mol. The Morgan fingerprint density at radius 3 is 2.43 bits per heavy atom. The first kappa shape index (κ1) is 15.6. The summed E-state index contributed by atoms with van der Waals surface area (Å²) in [5, 5.41) is 4.50. The van der Waals surface area contributed by atoms with Gasteiger partial charge in [0.25, 0.3) is 0 Å². The Morgan fingerprint density at radius 1 is 1.10 bits per heavy atom. The van der Waals surface area contributed by atoms with Crippen LogP contribution in [-0.4, -0.2) is 5.78 Å². The number of hydrogen-bond donors (Lipinski definition) is 1. The maximum absolute atomic E-state index is 12.1. The van der Waals surface area contributed by atoms with Crippen LogP contribution in [-0.2, 0) is 0 Å². The third kappa shape index (κ3) is 4.10. The molecule has 0 aliphatic rings. The summed E-state index contributed by atoms with van der Waals surface area (Å²) in [5.41, 5.74) is 3.19. The molecule has 0 bridgehead atoms. The van der Waals surface area contributed by atoms with Gasteiger partial charge >= 0.3 is 0 Å². The molecule has 2 aromatic rings. The van der Waals surface area contributed by atoms with Crippen LogP contribution in [0.15, 0.2) is 54.2 Å². The van der Waals surface area contributed by atoms with Crippen molar-refractivity contribution in [2.45, 2.75) is 13.8 Å².